The molecule has 5 heteroatoms. The van der Waals surface area contributed by atoms with Crippen LogP contribution in [0.4, 0.5) is 8.78 Å². The zero-order chi connectivity index (χ0) is 10.8. The van der Waals surface area contributed by atoms with E-state index in [1.807, 2.05) is 0 Å². The normalized spacial score (nSPS) is 21.7. The Balaban J connectivity index is 2.31. The first-order valence-electron chi connectivity index (χ1n) is 4.66. The Morgan fingerprint density at radius 2 is 2.20 bits per heavy atom. The lowest BCUT2D eigenvalue weighted by Gasteiger charge is -2.24. The summed E-state index contributed by atoms with van der Waals surface area (Å²) in [6, 6.07) is 2.52. The van der Waals surface area contributed by atoms with Gasteiger partial charge in [-0.15, -0.1) is 0 Å². The van der Waals surface area contributed by atoms with Gasteiger partial charge in [0.1, 0.15) is 10.8 Å². The highest BCUT2D eigenvalue weighted by atomic mass is 35.5. The van der Waals surface area contributed by atoms with Gasteiger partial charge in [-0.3, -0.25) is 0 Å². The number of morpholine rings is 1. The number of ether oxygens (including phenoxy) is 1. The number of benzene rings is 1. The predicted molar refractivity (Wildman–Crippen MR) is 52.9 cm³/mol. The summed E-state index contributed by atoms with van der Waals surface area (Å²) < 4.78 is 31.8. The van der Waals surface area contributed by atoms with Crippen LogP contribution in [0, 0.1) is 11.6 Å². The summed E-state index contributed by atoms with van der Waals surface area (Å²) in [6.07, 6.45) is -0.392. The van der Waals surface area contributed by atoms with E-state index in [0.717, 1.165) is 12.6 Å². The van der Waals surface area contributed by atoms with E-state index >= 15 is 0 Å². The molecule has 1 unspecified atom stereocenters. The fraction of sp³-hybridized carbons (Fsp3) is 0.400. The monoisotopic (exact) mass is 233 g/mol. The van der Waals surface area contributed by atoms with E-state index in [9.17, 15) is 8.78 Å². The highest BCUT2D eigenvalue weighted by Gasteiger charge is 2.22. The topological polar surface area (TPSA) is 21.3 Å². The number of hydrogen-bond donors (Lipinski definition) is 1. The van der Waals surface area contributed by atoms with Crippen molar-refractivity contribution < 1.29 is 13.5 Å². The molecule has 1 atom stereocenters. The molecule has 0 saturated carbocycles. The Hall–Kier alpha value is -0.710. The van der Waals surface area contributed by atoms with Gasteiger partial charge in [0, 0.05) is 18.7 Å². The summed E-state index contributed by atoms with van der Waals surface area (Å²) in [5.74, 6) is -1.48. The van der Waals surface area contributed by atoms with Crippen molar-refractivity contribution in [1.82, 2.24) is 5.32 Å². The molecule has 1 aliphatic rings. The summed E-state index contributed by atoms with van der Waals surface area (Å²) in [5.41, 5.74) is 0.300. The molecule has 2 rings (SSSR count). The molecule has 2 nitrogen and oxygen atoms in total. The maximum absolute atomic E-state index is 13.6. The molecule has 1 aromatic carbocycles. The second kappa shape index (κ2) is 4.43. The molecule has 0 aliphatic carbocycles. The summed E-state index contributed by atoms with van der Waals surface area (Å²) in [7, 11) is 0. The minimum Gasteiger partial charge on any atom is -0.371 e. The molecular formula is C10H10ClF2NO. The predicted octanol–water partition coefficient (Wildman–Crippen LogP) is 2.28. The van der Waals surface area contributed by atoms with Crippen LogP contribution in [-0.2, 0) is 4.74 Å². The van der Waals surface area contributed by atoms with E-state index in [-0.39, 0.29) is 0 Å². The molecule has 0 aromatic heterocycles. The molecular weight excluding hydrogens is 224 g/mol. The van der Waals surface area contributed by atoms with E-state index in [2.05, 4.69) is 5.32 Å². The highest BCUT2D eigenvalue weighted by molar-refractivity contribution is 6.30. The molecule has 82 valence electrons. The Morgan fingerprint density at radius 1 is 1.40 bits per heavy atom. The maximum atomic E-state index is 13.6. The SMILES string of the molecule is Fc1ccc(C2CNCCO2)c(F)c1Cl. The Morgan fingerprint density at radius 3 is 2.87 bits per heavy atom. The minimum absolute atomic E-state index is 0.300. The molecule has 1 fully saturated rings. The largest absolute Gasteiger partial charge is 0.371 e. The van der Waals surface area contributed by atoms with Crippen LogP contribution in [0.25, 0.3) is 0 Å². The molecule has 1 N–H and O–H groups in total. The standard InChI is InChI=1S/C10H10ClF2NO/c11-9-7(12)2-1-6(10(9)13)8-5-14-3-4-15-8/h1-2,8,14H,3-5H2. The molecule has 0 bridgehead atoms. The van der Waals surface area contributed by atoms with Crippen molar-refractivity contribution in [3.05, 3.63) is 34.4 Å². The van der Waals surface area contributed by atoms with Gasteiger partial charge in [-0.2, -0.15) is 0 Å². The van der Waals surface area contributed by atoms with Crippen molar-refractivity contribution >= 4 is 11.6 Å². The van der Waals surface area contributed by atoms with Gasteiger partial charge in [-0.1, -0.05) is 17.7 Å². The van der Waals surface area contributed by atoms with Gasteiger partial charge in [0.15, 0.2) is 5.82 Å². The second-order valence-electron chi connectivity index (χ2n) is 3.33. The van der Waals surface area contributed by atoms with Crippen LogP contribution in [0.15, 0.2) is 12.1 Å². The summed E-state index contributed by atoms with van der Waals surface area (Å²) in [4.78, 5) is 0. The van der Waals surface area contributed by atoms with Gasteiger partial charge in [0.2, 0.25) is 0 Å². The average molecular weight is 234 g/mol. The van der Waals surface area contributed by atoms with Crippen molar-refractivity contribution in [3.63, 3.8) is 0 Å². The molecule has 1 saturated heterocycles. The highest BCUT2D eigenvalue weighted by Crippen LogP contribution is 2.28. The lowest BCUT2D eigenvalue weighted by atomic mass is 10.1. The Labute approximate surface area is 91.2 Å². The summed E-state index contributed by atoms with van der Waals surface area (Å²) in [6.45, 7) is 1.77. The van der Waals surface area contributed by atoms with Crippen LogP contribution in [-0.4, -0.2) is 19.7 Å². The maximum Gasteiger partial charge on any atom is 0.150 e. The Kier molecular flexibility index (Phi) is 3.19. The average Bonchev–Trinajstić information content (AvgIpc) is 2.27. The van der Waals surface area contributed by atoms with Crippen molar-refractivity contribution in [2.24, 2.45) is 0 Å². The smallest absolute Gasteiger partial charge is 0.150 e. The van der Waals surface area contributed by atoms with Gasteiger partial charge in [0.05, 0.1) is 12.7 Å². The number of halogens is 3. The summed E-state index contributed by atoms with van der Waals surface area (Å²) >= 11 is 5.48. The van der Waals surface area contributed by atoms with Crippen molar-refractivity contribution in [1.29, 1.82) is 0 Å². The first-order valence-corrected chi connectivity index (χ1v) is 5.03. The molecule has 15 heavy (non-hydrogen) atoms. The van der Waals surface area contributed by atoms with E-state index in [0.29, 0.717) is 18.7 Å². The zero-order valence-corrected chi connectivity index (χ0v) is 8.65. The van der Waals surface area contributed by atoms with E-state index < -0.39 is 22.8 Å². The first-order chi connectivity index (χ1) is 7.20. The first kappa shape index (κ1) is 10.8. The van der Waals surface area contributed by atoms with Crippen LogP contribution in [0.1, 0.15) is 11.7 Å². The second-order valence-corrected chi connectivity index (χ2v) is 3.71. The molecule has 0 spiro atoms. The third kappa shape index (κ3) is 2.12. The fourth-order valence-corrected chi connectivity index (χ4v) is 1.73. The van der Waals surface area contributed by atoms with Crippen LogP contribution >= 0.6 is 11.6 Å². The van der Waals surface area contributed by atoms with Gasteiger partial charge >= 0.3 is 0 Å². The minimum atomic E-state index is -0.748. The van der Waals surface area contributed by atoms with Gasteiger partial charge in [0.25, 0.3) is 0 Å². The summed E-state index contributed by atoms with van der Waals surface area (Å²) in [5, 5.41) is 2.60. The quantitative estimate of drug-likeness (QED) is 0.752. The van der Waals surface area contributed by atoms with Crippen LogP contribution in [0.2, 0.25) is 5.02 Å². The fourth-order valence-electron chi connectivity index (χ4n) is 1.55. The van der Waals surface area contributed by atoms with Crippen LogP contribution < -0.4 is 5.32 Å². The van der Waals surface area contributed by atoms with Gasteiger partial charge in [-0.25, -0.2) is 8.78 Å². The molecule has 0 amide bonds. The third-order valence-electron chi connectivity index (χ3n) is 2.34. The molecule has 1 aromatic rings. The van der Waals surface area contributed by atoms with Crippen molar-refractivity contribution in [2.45, 2.75) is 6.10 Å². The van der Waals surface area contributed by atoms with Gasteiger partial charge < -0.3 is 10.1 Å². The third-order valence-corrected chi connectivity index (χ3v) is 2.69. The number of nitrogens with one attached hydrogen (secondary N) is 1. The van der Waals surface area contributed by atoms with E-state index in [4.69, 9.17) is 16.3 Å². The van der Waals surface area contributed by atoms with Crippen molar-refractivity contribution in [3.8, 4) is 0 Å². The molecule has 1 heterocycles. The zero-order valence-electron chi connectivity index (χ0n) is 7.90. The van der Waals surface area contributed by atoms with Crippen LogP contribution in [0.3, 0.4) is 0 Å². The number of hydrogen-bond acceptors (Lipinski definition) is 2. The van der Waals surface area contributed by atoms with Crippen molar-refractivity contribution in [2.75, 3.05) is 19.7 Å². The van der Waals surface area contributed by atoms with Crippen LogP contribution in [0.5, 0.6) is 0 Å². The lowest BCUT2D eigenvalue weighted by Crippen LogP contribution is -2.33. The Bertz CT molecular complexity index is 367. The number of rotatable bonds is 1. The van der Waals surface area contributed by atoms with Gasteiger partial charge in [-0.05, 0) is 6.07 Å². The molecule has 1 aliphatic heterocycles. The van der Waals surface area contributed by atoms with E-state index in [1.54, 1.807) is 0 Å². The van der Waals surface area contributed by atoms with E-state index in [1.165, 1.54) is 6.07 Å². The lowest BCUT2D eigenvalue weighted by molar-refractivity contribution is 0.0255. The molecule has 0 radical (unpaired) electrons.